The highest BCUT2D eigenvalue weighted by molar-refractivity contribution is 7.92. The maximum absolute atomic E-state index is 12.2. The maximum atomic E-state index is 12.2. The van der Waals surface area contributed by atoms with Crippen molar-refractivity contribution in [1.82, 2.24) is 0 Å². The summed E-state index contributed by atoms with van der Waals surface area (Å²) in [6.07, 6.45) is 0. The first-order valence-electron chi connectivity index (χ1n) is 5.96. The molecule has 0 aliphatic carbocycles. The van der Waals surface area contributed by atoms with E-state index in [0.29, 0.717) is 0 Å². The number of hydrogen-bond acceptors (Lipinski definition) is 4. The highest BCUT2D eigenvalue weighted by Gasteiger charge is 2.20. The number of aromatic carboxylic acids is 1. The third-order valence-electron chi connectivity index (χ3n) is 2.83. The lowest BCUT2D eigenvalue weighted by Gasteiger charge is -2.11. The van der Waals surface area contributed by atoms with Gasteiger partial charge in [-0.3, -0.25) is 4.72 Å². The van der Waals surface area contributed by atoms with E-state index in [4.69, 9.17) is 5.11 Å². The van der Waals surface area contributed by atoms with Gasteiger partial charge in [0.05, 0.1) is 10.6 Å². The van der Waals surface area contributed by atoms with Gasteiger partial charge in [0.1, 0.15) is 11.3 Å². The minimum absolute atomic E-state index is 0.00721. The van der Waals surface area contributed by atoms with Crippen molar-refractivity contribution >= 4 is 21.7 Å². The second-order valence-corrected chi connectivity index (χ2v) is 6.11. The lowest BCUT2D eigenvalue weighted by molar-refractivity contribution is 0.0695. The summed E-state index contributed by atoms with van der Waals surface area (Å²) in [6.45, 7) is 1.82. The van der Waals surface area contributed by atoms with E-state index in [0.717, 1.165) is 5.56 Å². The molecule has 0 bridgehead atoms. The van der Waals surface area contributed by atoms with Crippen LogP contribution in [0, 0.1) is 6.92 Å². The maximum Gasteiger partial charge on any atom is 0.341 e. The first kappa shape index (κ1) is 14.9. The Morgan fingerprint density at radius 3 is 2.29 bits per heavy atom. The van der Waals surface area contributed by atoms with Gasteiger partial charge in [-0.15, -0.1) is 0 Å². The Morgan fingerprint density at radius 2 is 1.71 bits per heavy atom. The molecule has 0 aliphatic heterocycles. The van der Waals surface area contributed by atoms with Crippen molar-refractivity contribution in [1.29, 1.82) is 0 Å². The third-order valence-corrected chi connectivity index (χ3v) is 4.21. The van der Waals surface area contributed by atoms with Gasteiger partial charge < -0.3 is 10.2 Å². The molecule has 21 heavy (non-hydrogen) atoms. The largest absolute Gasteiger partial charge is 0.507 e. The number of aryl methyl sites for hydroxylation is 1. The van der Waals surface area contributed by atoms with Crippen LogP contribution >= 0.6 is 0 Å². The molecule has 7 heteroatoms. The van der Waals surface area contributed by atoms with E-state index in [2.05, 4.69) is 4.72 Å². The molecule has 0 radical (unpaired) electrons. The SMILES string of the molecule is Cc1ccc(S(=O)(=O)Nc2cccc(O)c2C(=O)O)cc1. The van der Waals surface area contributed by atoms with Crippen LogP contribution in [0.15, 0.2) is 47.4 Å². The van der Waals surface area contributed by atoms with Gasteiger partial charge in [-0.2, -0.15) is 0 Å². The van der Waals surface area contributed by atoms with Crippen LogP contribution in [0.1, 0.15) is 15.9 Å². The van der Waals surface area contributed by atoms with Gasteiger partial charge in [0.25, 0.3) is 10.0 Å². The van der Waals surface area contributed by atoms with Crippen LogP contribution in [0.5, 0.6) is 5.75 Å². The van der Waals surface area contributed by atoms with E-state index in [1.54, 1.807) is 12.1 Å². The number of phenols is 1. The number of carboxylic acid groups (broad SMARTS) is 1. The van der Waals surface area contributed by atoms with E-state index < -0.39 is 27.3 Å². The Balaban J connectivity index is 2.44. The zero-order chi connectivity index (χ0) is 15.6. The summed E-state index contributed by atoms with van der Waals surface area (Å²) in [5, 5.41) is 18.6. The number of carboxylic acids is 1. The zero-order valence-corrected chi connectivity index (χ0v) is 11.9. The van der Waals surface area contributed by atoms with E-state index in [1.165, 1.54) is 30.3 Å². The molecule has 0 atom stereocenters. The second kappa shape index (κ2) is 5.45. The van der Waals surface area contributed by atoms with Gasteiger partial charge in [-0.05, 0) is 31.2 Å². The number of sulfonamides is 1. The molecule has 2 aromatic rings. The molecule has 0 saturated carbocycles. The monoisotopic (exact) mass is 307 g/mol. The van der Waals surface area contributed by atoms with Crippen molar-refractivity contribution in [3.8, 4) is 5.75 Å². The van der Waals surface area contributed by atoms with Crippen LogP contribution in [-0.4, -0.2) is 24.6 Å². The Bertz CT molecular complexity index is 782. The third kappa shape index (κ3) is 3.14. The molecule has 0 aliphatic rings. The Morgan fingerprint density at radius 1 is 1.10 bits per heavy atom. The average Bonchev–Trinajstić information content (AvgIpc) is 2.38. The van der Waals surface area contributed by atoms with Crippen molar-refractivity contribution in [2.45, 2.75) is 11.8 Å². The number of benzene rings is 2. The van der Waals surface area contributed by atoms with Crippen molar-refractivity contribution in [2.24, 2.45) is 0 Å². The molecule has 2 rings (SSSR count). The summed E-state index contributed by atoms with van der Waals surface area (Å²) in [7, 11) is -3.93. The molecule has 3 N–H and O–H groups in total. The molecule has 0 aromatic heterocycles. The fourth-order valence-electron chi connectivity index (χ4n) is 1.77. The van der Waals surface area contributed by atoms with Gasteiger partial charge in [0.2, 0.25) is 0 Å². The van der Waals surface area contributed by atoms with E-state index in [1.807, 2.05) is 6.92 Å². The molecule has 0 fully saturated rings. The normalized spacial score (nSPS) is 11.1. The van der Waals surface area contributed by atoms with Crippen LogP contribution in [0.3, 0.4) is 0 Å². The van der Waals surface area contributed by atoms with Crippen LogP contribution < -0.4 is 4.72 Å². The predicted molar refractivity (Wildman–Crippen MR) is 77.1 cm³/mol. The number of hydrogen-bond donors (Lipinski definition) is 3. The first-order chi connectivity index (χ1) is 9.81. The fourth-order valence-corrected chi connectivity index (χ4v) is 2.84. The Labute approximate surface area is 121 Å². The number of nitrogens with one attached hydrogen (secondary N) is 1. The van der Waals surface area contributed by atoms with E-state index >= 15 is 0 Å². The zero-order valence-electron chi connectivity index (χ0n) is 11.1. The topological polar surface area (TPSA) is 104 Å². The summed E-state index contributed by atoms with van der Waals surface area (Å²) in [4.78, 5) is 11.1. The Kier molecular flexibility index (Phi) is 3.86. The van der Waals surface area contributed by atoms with Crippen LogP contribution in [0.4, 0.5) is 5.69 Å². The molecule has 110 valence electrons. The minimum Gasteiger partial charge on any atom is -0.507 e. The summed E-state index contributed by atoms with van der Waals surface area (Å²) in [5.74, 6) is -1.93. The highest BCUT2D eigenvalue weighted by Crippen LogP contribution is 2.27. The predicted octanol–water partition coefficient (Wildman–Crippen LogP) is 2.20. The molecule has 0 unspecified atom stereocenters. The molecular formula is C14H13NO5S. The number of aromatic hydroxyl groups is 1. The van der Waals surface area contributed by atoms with Crippen molar-refractivity contribution in [3.05, 3.63) is 53.6 Å². The number of anilines is 1. The highest BCUT2D eigenvalue weighted by atomic mass is 32.2. The minimum atomic E-state index is -3.93. The van der Waals surface area contributed by atoms with E-state index in [9.17, 15) is 18.3 Å². The smallest absolute Gasteiger partial charge is 0.341 e. The average molecular weight is 307 g/mol. The molecular weight excluding hydrogens is 294 g/mol. The number of carbonyl (C=O) groups is 1. The fraction of sp³-hybridized carbons (Fsp3) is 0.0714. The van der Waals surface area contributed by atoms with Gasteiger partial charge in [-0.25, -0.2) is 13.2 Å². The molecule has 2 aromatic carbocycles. The van der Waals surface area contributed by atoms with Gasteiger partial charge in [0.15, 0.2) is 0 Å². The van der Waals surface area contributed by atoms with Crippen molar-refractivity contribution in [3.63, 3.8) is 0 Å². The van der Waals surface area contributed by atoms with Crippen molar-refractivity contribution in [2.75, 3.05) is 4.72 Å². The van der Waals surface area contributed by atoms with Gasteiger partial charge in [0, 0.05) is 0 Å². The summed E-state index contributed by atoms with van der Waals surface area (Å²) < 4.78 is 26.6. The molecule has 6 nitrogen and oxygen atoms in total. The molecule has 0 spiro atoms. The second-order valence-electron chi connectivity index (χ2n) is 4.42. The quantitative estimate of drug-likeness (QED) is 0.803. The van der Waals surface area contributed by atoms with Gasteiger partial charge in [-0.1, -0.05) is 23.8 Å². The van der Waals surface area contributed by atoms with Gasteiger partial charge >= 0.3 is 5.97 Å². The molecule has 0 heterocycles. The molecule has 0 amide bonds. The van der Waals surface area contributed by atoms with Crippen molar-refractivity contribution < 1.29 is 23.4 Å². The number of rotatable bonds is 4. The van der Waals surface area contributed by atoms with Crippen LogP contribution in [0.25, 0.3) is 0 Å². The van der Waals surface area contributed by atoms with Crippen LogP contribution in [-0.2, 0) is 10.0 Å². The summed E-state index contributed by atoms with van der Waals surface area (Å²) in [5.41, 5.74) is 0.216. The van der Waals surface area contributed by atoms with E-state index in [-0.39, 0.29) is 10.6 Å². The lowest BCUT2D eigenvalue weighted by Crippen LogP contribution is -2.15. The first-order valence-corrected chi connectivity index (χ1v) is 7.44. The lowest BCUT2D eigenvalue weighted by atomic mass is 10.1. The summed E-state index contributed by atoms with van der Waals surface area (Å²) >= 11 is 0. The summed E-state index contributed by atoms with van der Waals surface area (Å²) in [6, 6.07) is 9.91. The molecule has 0 saturated heterocycles. The Hall–Kier alpha value is -2.54. The standard InChI is InChI=1S/C14H13NO5S/c1-9-5-7-10(8-6-9)21(19,20)15-11-3-2-4-12(16)13(11)14(17)18/h2-8,15-16H,1H3,(H,17,18). The van der Waals surface area contributed by atoms with Crippen LogP contribution in [0.2, 0.25) is 0 Å².